The highest BCUT2D eigenvalue weighted by atomic mass is 16.7. The zero-order valence-corrected chi connectivity index (χ0v) is 19.4. The maximum absolute atomic E-state index is 12.7. The van der Waals surface area contributed by atoms with Crippen molar-refractivity contribution in [2.75, 3.05) is 20.8 Å². The first kappa shape index (κ1) is 25.0. The summed E-state index contributed by atoms with van der Waals surface area (Å²) in [4.78, 5) is 33.4. The number of benzene rings is 2. The van der Waals surface area contributed by atoms with E-state index in [1.165, 1.54) is 32.4 Å². The highest BCUT2D eigenvalue weighted by Gasteiger charge is 2.45. The summed E-state index contributed by atoms with van der Waals surface area (Å²) in [5, 5.41) is 22.3. The monoisotopic (exact) mass is 482 g/mol. The van der Waals surface area contributed by atoms with Crippen molar-refractivity contribution in [1.82, 2.24) is 5.06 Å². The van der Waals surface area contributed by atoms with Gasteiger partial charge in [0.15, 0.2) is 11.5 Å². The summed E-state index contributed by atoms with van der Waals surface area (Å²) in [5.41, 5.74) is -0.365. The molecule has 0 aliphatic carbocycles. The van der Waals surface area contributed by atoms with Gasteiger partial charge in [-0.15, -0.1) is 0 Å². The van der Waals surface area contributed by atoms with Gasteiger partial charge >= 0.3 is 17.5 Å². The number of methoxy groups -OCH3 is 1. The number of aliphatic imine (C=N–C) groups is 1. The van der Waals surface area contributed by atoms with Crippen LogP contribution in [0.2, 0.25) is 0 Å². The topological polar surface area (TPSA) is 146 Å². The van der Waals surface area contributed by atoms with E-state index < -0.39 is 34.5 Å². The number of rotatable bonds is 9. The SMILES string of the molecule is CCOC(=O)C1=NC(Oc2cccc(C)c2)N(OC)C(Oc2cc(C#N)ccc2OC)=C1[N+](=O)[O-]. The highest BCUT2D eigenvalue weighted by molar-refractivity contribution is 6.42. The Morgan fingerprint density at radius 2 is 2.00 bits per heavy atom. The average molecular weight is 482 g/mol. The molecule has 0 aromatic heterocycles. The number of nitriles is 1. The van der Waals surface area contributed by atoms with E-state index in [-0.39, 0.29) is 23.7 Å². The Kier molecular flexibility index (Phi) is 7.85. The van der Waals surface area contributed by atoms with Gasteiger partial charge in [0, 0.05) is 6.07 Å². The summed E-state index contributed by atoms with van der Waals surface area (Å²) in [7, 11) is 2.59. The number of ether oxygens (including phenoxy) is 4. The van der Waals surface area contributed by atoms with Gasteiger partial charge in [-0.05, 0) is 43.7 Å². The zero-order valence-electron chi connectivity index (χ0n) is 19.4. The van der Waals surface area contributed by atoms with Crippen molar-refractivity contribution in [3.8, 4) is 23.3 Å². The van der Waals surface area contributed by atoms with Crippen LogP contribution in [0.15, 0.2) is 59.0 Å². The predicted octanol–water partition coefficient (Wildman–Crippen LogP) is 2.94. The number of carbonyl (C=O) groups excluding carboxylic acids is 1. The van der Waals surface area contributed by atoms with Crippen molar-refractivity contribution >= 4 is 11.7 Å². The Bertz CT molecular complexity index is 1230. The number of nitrogens with zero attached hydrogens (tertiary/aromatic N) is 4. The Balaban J connectivity index is 2.18. The van der Waals surface area contributed by atoms with E-state index in [1.54, 1.807) is 25.1 Å². The molecule has 0 fully saturated rings. The number of esters is 1. The molecule has 2 aromatic rings. The van der Waals surface area contributed by atoms with Gasteiger partial charge in [-0.2, -0.15) is 10.3 Å². The second-order valence-corrected chi connectivity index (χ2v) is 6.96. The lowest BCUT2D eigenvalue weighted by Gasteiger charge is -2.32. The van der Waals surface area contributed by atoms with Crippen molar-refractivity contribution < 1.29 is 33.5 Å². The van der Waals surface area contributed by atoms with Crippen LogP contribution in [0.1, 0.15) is 18.1 Å². The molecule has 35 heavy (non-hydrogen) atoms. The van der Waals surface area contributed by atoms with Crippen molar-refractivity contribution in [1.29, 1.82) is 5.26 Å². The molecule has 0 amide bonds. The molecule has 0 saturated heterocycles. The smallest absolute Gasteiger partial charge is 0.364 e. The van der Waals surface area contributed by atoms with E-state index in [1.807, 2.05) is 19.1 Å². The lowest BCUT2D eigenvalue weighted by Crippen LogP contribution is -2.46. The Morgan fingerprint density at radius 1 is 1.23 bits per heavy atom. The first-order valence-electron chi connectivity index (χ1n) is 10.3. The van der Waals surface area contributed by atoms with E-state index in [2.05, 4.69) is 4.99 Å². The van der Waals surface area contributed by atoms with E-state index in [4.69, 9.17) is 23.8 Å². The fraction of sp³-hybridized carbons (Fsp3) is 0.261. The lowest BCUT2D eigenvalue weighted by atomic mass is 10.2. The molecular weight excluding hydrogens is 460 g/mol. The molecule has 1 aliphatic rings. The van der Waals surface area contributed by atoms with Gasteiger partial charge in [-0.25, -0.2) is 9.79 Å². The van der Waals surface area contributed by atoms with Crippen LogP contribution in [-0.2, 0) is 14.4 Å². The third kappa shape index (κ3) is 5.48. The molecule has 0 radical (unpaired) electrons. The van der Waals surface area contributed by atoms with E-state index >= 15 is 0 Å². The van der Waals surface area contributed by atoms with Gasteiger partial charge in [0.05, 0.1) is 37.4 Å². The molecule has 2 aromatic carbocycles. The summed E-state index contributed by atoms with van der Waals surface area (Å²) >= 11 is 0. The molecule has 0 saturated carbocycles. The number of hydroxylamine groups is 2. The number of aryl methyl sites for hydroxylation is 1. The standard InChI is InChI=1S/C23H22N4O8/c1-5-33-22(28)19-20(27(29)30)21(35-18-12-15(13-24)9-10-17(18)31-3)26(32-4)23(25-19)34-16-8-6-7-14(2)11-16/h6-12,23H,5H2,1-4H3. The highest BCUT2D eigenvalue weighted by Crippen LogP contribution is 2.34. The quantitative estimate of drug-likeness (QED) is 0.297. The van der Waals surface area contributed by atoms with Crippen LogP contribution in [0.4, 0.5) is 0 Å². The first-order valence-corrected chi connectivity index (χ1v) is 10.3. The summed E-state index contributed by atoms with van der Waals surface area (Å²) < 4.78 is 22.0. The van der Waals surface area contributed by atoms with E-state index in [0.29, 0.717) is 5.75 Å². The van der Waals surface area contributed by atoms with Crippen LogP contribution in [0.25, 0.3) is 0 Å². The zero-order chi connectivity index (χ0) is 25.5. The largest absolute Gasteiger partial charge is 0.493 e. The molecule has 0 bridgehead atoms. The Hall–Kier alpha value is -4.63. The van der Waals surface area contributed by atoms with Crippen LogP contribution in [-0.4, -0.2) is 48.8 Å². The maximum Gasteiger partial charge on any atom is 0.364 e. The Labute approximate surface area is 200 Å². The lowest BCUT2D eigenvalue weighted by molar-refractivity contribution is -0.422. The van der Waals surface area contributed by atoms with Crippen LogP contribution >= 0.6 is 0 Å². The van der Waals surface area contributed by atoms with Gasteiger partial charge in [0.25, 0.3) is 6.35 Å². The second-order valence-electron chi connectivity index (χ2n) is 6.96. The molecule has 1 heterocycles. The number of hydrogen-bond acceptors (Lipinski definition) is 11. The minimum Gasteiger partial charge on any atom is -0.493 e. The second kappa shape index (κ2) is 11.0. The van der Waals surface area contributed by atoms with Gasteiger partial charge in [0.2, 0.25) is 5.71 Å². The van der Waals surface area contributed by atoms with Crippen LogP contribution in [0.3, 0.4) is 0 Å². The minimum atomic E-state index is -1.40. The van der Waals surface area contributed by atoms with Crippen LogP contribution < -0.4 is 14.2 Å². The summed E-state index contributed by atoms with van der Waals surface area (Å²) in [6.07, 6.45) is -1.40. The molecule has 3 rings (SSSR count). The van der Waals surface area contributed by atoms with Crippen LogP contribution in [0, 0.1) is 28.4 Å². The minimum absolute atomic E-state index is 0.0395. The van der Waals surface area contributed by atoms with Gasteiger partial charge < -0.3 is 18.9 Å². The van der Waals surface area contributed by atoms with Gasteiger partial charge in [-0.1, -0.05) is 12.1 Å². The molecule has 12 heteroatoms. The fourth-order valence-electron chi connectivity index (χ4n) is 3.12. The van der Waals surface area contributed by atoms with Crippen molar-refractivity contribution in [2.24, 2.45) is 4.99 Å². The predicted molar refractivity (Wildman–Crippen MR) is 121 cm³/mol. The molecule has 0 spiro atoms. The normalized spacial score (nSPS) is 15.1. The number of hydrogen-bond donors (Lipinski definition) is 0. The molecule has 0 N–H and O–H groups in total. The van der Waals surface area contributed by atoms with Gasteiger partial charge in [-0.3, -0.25) is 15.0 Å². The summed E-state index contributed by atoms with van der Waals surface area (Å²) in [6, 6.07) is 13.2. The van der Waals surface area contributed by atoms with E-state index in [0.717, 1.165) is 10.6 Å². The van der Waals surface area contributed by atoms with Crippen molar-refractivity contribution in [2.45, 2.75) is 20.2 Å². The average Bonchev–Trinajstić information content (AvgIpc) is 2.83. The molecule has 1 aliphatic heterocycles. The van der Waals surface area contributed by atoms with Gasteiger partial charge in [0.1, 0.15) is 5.75 Å². The summed E-state index contributed by atoms with van der Waals surface area (Å²) in [6.45, 7) is 3.35. The molecule has 1 unspecified atom stereocenters. The Morgan fingerprint density at radius 3 is 2.60 bits per heavy atom. The maximum atomic E-state index is 12.7. The molecule has 182 valence electrons. The third-order valence-electron chi connectivity index (χ3n) is 4.65. The van der Waals surface area contributed by atoms with E-state index in [9.17, 15) is 20.2 Å². The van der Waals surface area contributed by atoms with Crippen molar-refractivity contribution in [3.05, 3.63) is 75.3 Å². The third-order valence-corrected chi connectivity index (χ3v) is 4.65. The van der Waals surface area contributed by atoms with Crippen molar-refractivity contribution in [3.63, 3.8) is 0 Å². The molecule has 1 atom stereocenters. The summed E-state index contributed by atoms with van der Waals surface area (Å²) in [5.74, 6) is -1.08. The first-order chi connectivity index (χ1) is 16.8. The number of carbonyl (C=O) groups is 1. The molecular formula is C23H22N4O8. The fourth-order valence-corrected chi connectivity index (χ4v) is 3.12. The molecule has 12 nitrogen and oxygen atoms in total. The van der Waals surface area contributed by atoms with Crippen LogP contribution in [0.5, 0.6) is 17.2 Å². The number of nitro groups is 1.